The summed E-state index contributed by atoms with van der Waals surface area (Å²) < 4.78 is 0. The minimum atomic E-state index is -1.48. The van der Waals surface area contributed by atoms with E-state index in [0.717, 1.165) is 11.1 Å². The van der Waals surface area contributed by atoms with Crippen LogP contribution >= 0.6 is 0 Å². The number of amides is 2. The number of carbonyl (C=O) groups is 2. The van der Waals surface area contributed by atoms with E-state index in [4.69, 9.17) is 0 Å². The zero-order chi connectivity index (χ0) is 20.8. The van der Waals surface area contributed by atoms with Crippen molar-refractivity contribution in [2.45, 2.75) is 49.7 Å². The van der Waals surface area contributed by atoms with Gasteiger partial charge in [0.25, 0.3) is 0 Å². The van der Waals surface area contributed by atoms with Crippen molar-refractivity contribution in [2.24, 2.45) is 0 Å². The highest BCUT2D eigenvalue weighted by molar-refractivity contribution is 5.79. The van der Waals surface area contributed by atoms with Crippen LogP contribution in [0.3, 0.4) is 0 Å². The monoisotopic (exact) mass is 398 g/mol. The molecular formula is C22H26N2O5. The summed E-state index contributed by atoms with van der Waals surface area (Å²) >= 11 is 0. The Kier molecular flexibility index (Phi) is 6.98. The molecule has 7 heteroatoms. The number of hydrogen-bond acceptors (Lipinski definition) is 5. The summed E-state index contributed by atoms with van der Waals surface area (Å²) in [5.74, 6) is -0.614. The second-order valence-electron chi connectivity index (χ2n) is 7.38. The Labute approximate surface area is 169 Å². The Balaban J connectivity index is 1.60. The fraction of sp³-hybridized carbons (Fsp3) is 0.364. The molecule has 2 aromatic carbocycles. The summed E-state index contributed by atoms with van der Waals surface area (Å²) in [5, 5.41) is 36.2. The second kappa shape index (κ2) is 9.65. The summed E-state index contributed by atoms with van der Waals surface area (Å²) in [5.41, 5.74) is 1.65. The molecule has 2 aromatic rings. The van der Waals surface area contributed by atoms with E-state index in [9.17, 15) is 24.9 Å². The third-order valence-corrected chi connectivity index (χ3v) is 5.14. The molecule has 0 radical (unpaired) electrons. The molecule has 0 spiro atoms. The van der Waals surface area contributed by atoms with Gasteiger partial charge in [-0.15, -0.1) is 0 Å². The predicted molar refractivity (Wildman–Crippen MR) is 107 cm³/mol. The van der Waals surface area contributed by atoms with E-state index in [1.807, 2.05) is 60.7 Å². The molecule has 0 aromatic heterocycles. The summed E-state index contributed by atoms with van der Waals surface area (Å²) in [6.45, 7) is 0. The van der Waals surface area contributed by atoms with Crippen LogP contribution in [0.4, 0.5) is 0 Å². The van der Waals surface area contributed by atoms with Gasteiger partial charge in [-0.05, 0) is 17.5 Å². The number of rotatable bonds is 6. The van der Waals surface area contributed by atoms with Gasteiger partial charge in [0.05, 0.1) is 24.9 Å². The lowest BCUT2D eigenvalue weighted by atomic mass is 9.83. The maximum absolute atomic E-state index is 12.3. The maximum Gasteiger partial charge on any atom is 0.224 e. The number of nitrogens with one attached hydrogen (secondary N) is 2. The molecule has 0 saturated heterocycles. The van der Waals surface area contributed by atoms with E-state index < -0.39 is 30.4 Å². The van der Waals surface area contributed by atoms with Gasteiger partial charge < -0.3 is 26.0 Å². The SMILES string of the molecule is O=C(Cc1ccccc1)N[C@H]1C[C@@H](NC(=O)Cc2ccccc2)[C@H](O)C(O)[C@@H]1O. The minimum Gasteiger partial charge on any atom is -0.388 e. The van der Waals surface area contributed by atoms with Gasteiger partial charge in [-0.3, -0.25) is 9.59 Å². The van der Waals surface area contributed by atoms with Gasteiger partial charge in [0.1, 0.15) is 18.3 Å². The van der Waals surface area contributed by atoms with Gasteiger partial charge in [-0.25, -0.2) is 0 Å². The van der Waals surface area contributed by atoms with Crippen molar-refractivity contribution in [1.82, 2.24) is 10.6 Å². The molecule has 1 fully saturated rings. The standard InChI is InChI=1S/C22H26N2O5/c25-18(11-14-7-3-1-4-8-14)23-16-13-17(21(28)22(29)20(16)27)24-19(26)12-15-9-5-2-6-10-15/h1-10,16-17,20-22,27-29H,11-13H2,(H,23,25)(H,24,26)/t16-,17+,20+,21-,22?. The van der Waals surface area contributed by atoms with E-state index in [0.29, 0.717) is 0 Å². The van der Waals surface area contributed by atoms with Crippen molar-refractivity contribution >= 4 is 11.8 Å². The van der Waals surface area contributed by atoms with E-state index in [-0.39, 0.29) is 31.1 Å². The van der Waals surface area contributed by atoms with Gasteiger partial charge in [0.15, 0.2) is 0 Å². The molecule has 5 atom stereocenters. The quantitative estimate of drug-likeness (QED) is 0.467. The number of aliphatic hydroxyl groups is 3. The Bertz CT molecular complexity index is 747. The lowest BCUT2D eigenvalue weighted by Gasteiger charge is -2.41. The number of aliphatic hydroxyl groups excluding tert-OH is 3. The predicted octanol–water partition coefficient (Wildman–Crippen LogP) is -0.0722. The molecule has 29 heavy (non-hydrogen) atoms. The van der Waals surface area contributed by atoms with Crippen molar-refractivity contribution in [2.75, 3.05) is 0 Å². The van der Waals surface area contributed by atoms with Gasteiger partial charge in [0, 0.05) is 0 Å². The first-order chi connectivity index (χ1) is 13.9. The van der Waals surface area contributed by atoms with Crippen molar-refractivity contribution in [3.63, 3.8) is 0 Å². The Morgan fingerprint density at radius 3 is 1.45 bits per heavy atom. The third kappa shape index (κ3) is 5.63. The van der Waals surface area contributed by atoms with Crippen LogP contribution in [-0.4, -0.2) is 57.5 Å². The normalized spacial score (nSPS) is 26.5. The average molecular weight is 398 g/mol. The zero-order valence-corrected chi connectivity index (χ0v) is 15.9. The zero-order valence-electron chi connectivity index (χ0n) is 15.9. The highest BCUT2D eigenvalue weighted by Crippen LogP contribution is 2.21. The van der Waals surface area contributed by atoms with Crippen molar-refractivity contribution in [3.8, 4) is 0 Å². The minimum absolute atomic E-state index is 0.112. The van der Waals surface area contributed by atoms with Crippen LogP contribution in [0.1, 0.15) is 17.5 Å². The molecule has 0 aliphatic heterocycles. The van der Waals surface area contributed by atoms with Gasteiger partial charge in [-0.2, -0.15) is 0 Å². The summed E-state index contributed by atoms with van der Waals surface area (Å²) in [7, 11) is 0. The molecule has 2 amide bonds. The van der Waals surface area contributed by atoms with Crippen molar-refractivity contribution in [3.05, 3.63) is 71.8 Å². The fourth-order valence-corrected chi connectivity index (χ4v) is 3.60. The van der Waals surface area contributed by atoms with Crippen LogP contribution in [-0.2, 0) is 22.4 Å². The molecule has 1 saturated carbocycles. The summed E-state index contributed by atoms with van der Waals surface area (Å²) in [4.78, 5) is 24.7. The molecule has 1 unspecified atom stereocenters. The van der Waals surface area contributed by atoms with E-state index in [1.165, 1.54) is 0 Å². The lowest BCUT2D eigenvalue weighted by molar-refractivity contribution is -0.135. The maximum atomic E-state index is 12.3. The van der Waals surface area contributed by atoms with Gasteiger partial charge >= 0.3 is 0 Å². The third-order valence-electron chi connectivity index (χ3n) is 5.14. The number of carbonyl (C=O) groups excluding carboxylic acids is 2. The van der Waals surface area contributed by atoms with Crippen LogP contribution < -0.4 is 10.6 Å². The first-order valence-electron chi connectivity index (χ1n) is 9.65. The molecule has 1 aliphatic rings. The number of benzene rings is 2. The van der Waals surface area contributed by atoms with Crippen LogP contribution in [0.15, 0.2) is 60.7 Å². The number of hydrogen-bond donors (Lipinski definition) is 5. The topological polar surface area (TPSA) is 119 Å². The fourth-order valence-electron chi connectivity index (χ4n) is 3.60. The Hall–Kier alpha value is -2.74. The molecule has 1 aliphatic carbocycles. The van der Waals surface area contributed by atoms with Crippen molar-refractivity contribution < 1.29 is 24.9 Å². The Morgan fingerprint density at radius 1 is 0.690 bits per heavy atom. The molecular weight excluding hydrogens is 372 g/mol. The molecule has 7 nitrogen and oxygen atoms in total. The van der Waals surface area contributed by atoms with E-state index in [2.05, 4.69) is 10.6 Å². The largest absolute Gasteiger partial charge is 0.388 e. The van der Waals surface area contributed by atoms with Crippen LogP contribution in [0.5, 0.6) is 0 Å². The molecule has 0 heterocycles. The van der Waals surface area contributed by atoms with Crippen LogP contribution in [0.2, 0.25) is 0 Å². The first-order valence-corrected chi connectivity index (χ1v) is 9.65. The van der Waals surface area contributed by atoms with Crippen LogP contribution in [0, 0.1) is 0 Å². The average Bonchev–Trinajstić information content (AvgIpc) is 2.71. The highest BCUT2D eigenvalue weighted by Gasteiger charge is 2.43. The summed E-state index contributed by atoms with van der Waals surface area (Å²) in [6, 6.07) is 16.7. The van der Waals surface area contributed by atoms with E-state index in [1.54, 1.807) is 0 Å². The highest BCUT2D eigenvalue weighted by atomic mass is 16.4. The Morgan fingerprint density at radius 2 is 1.07 bits per heavy atom. The lowest BCUT2D eigenvalue weighted by Crippen LogP contribution is -2.64. The second-order valence-corrected chi connectivity index (χ2v) is 7.38. The smallest absolute Gasteiger partial charge is 0.224 e. The molecule has 154 valence electrons. The van der Waals surface area contributed by atoms with Gasteiger partial charge in [0.2, 0.25) is 11.8 Å². The first kappa shape index (κ1) is 21.0. The van der Waals surface area contributed by atoms with Gasteiger partial charge in [-0.1, -0.05) is 60.7 Å². The molecule has 5 N–H and O–H groups in total. The summed E-state index contributed by atoms with van der Waals surface area (Å²) in [6.07, 6.45) is -3.76. The van der Waals surface area contributed by atoms with E-state index >= 15 is 0 Å². The van der Waals surface area contributed by atoms with Crippen molar-refractivity contribution in [1.29, 1.82) is 0 Å². The molecule has 0 bridgehead atoms. The molecule has 3 rings (SSSR count). The van der Waals surface area contributed by atoms with Crippen LogP contribution in [0.25, 0.3) is 0 Å².